The third-order valence-electron chi connectivity index (χ3n) is 3.42. The Morgan fingerprint density at radius 1 is 1.40 bits per heavy atom. The summed E-state index contributed by atoms with van der Waals surface area (Å²) in [5.41, 5.74) is 5.72. The first kappa shape index (κ1) is 15.1. The van der Waals surface area contributed by atoms with Gasteiger partial charge in [0.15, 0.2) is 0 Å². The number of thioether (sulfide) groups is 1. The van der Waals surface area contributed by atoms with Gasteiger partial charge >= 0.3 is 11.9 Å². The van der Waals surface area contributed by atoms with E-state index in [0.717, 1.165) is 0 Å². The zero-order valence-corrected chi connectivity index (χ0v) is 12.4. The van der Waals surface area contributed by atoms with Gasteiger partial charge in [0, 0.05) is 11.2 Å². The summed E-state index contributed by atoms with van der Waals surface area (Å²) in [6.07, 6.45) is 0.212. The minimum atomic E-state index is -0.704. The number of ether oxygens (including phenoxy) is 2. The third kappa shape index (κ3) is 2.37. The fourth-order valence-corrected chi connectivity index (χ4v) is 3.92. The number of hydrogen-bond donors (Lipinski definition) is 1. The maximum Gasteiger partial charge on any atom is 0.333 e. The molecule has 0 radical (unpaired) electrons. The van der Waals surface area contributed by atoms with Gasteiger partial charge in [0.05, 0.1) is 0 Å². The highest BCUT2D eigenvalue weighted by atomic mass is 32.2. The van der Waals surface area contributed by atoms with Gasteiger partial charge in [-0.05, 0) is 13.8 Å². The van der Waals surface area contributed by atoms with Crippen molar-refractivity contribution >= 4 is 29.6 Å². The van der Waals surface area contributed by atoms with Crippen LogP contribution in [0.25, 0.3) is 0 Å². The summed E-state index contributed by atoms with van der Waals surface area (Å²) in [7, 11) is 0. The highest BCUT2D eigenvalue weighted by Gasteiger charge is 2.63. The van der Waals surface area contributed by atoms with Crippen LogP contribution in [0.2, 0.25) is 0 Å². The topological polar surface area (TPSA) is 98.9 Å². The van der Waals surface area contributed by atoms with E-state index in [1.54, 1.807) is 6.92 Å². The van der Waals surface area contributed by atoms with Crippen LogP contribution in [-0.4, -0.2) is 51.7 Å². The van der Waals surface area contributed by atoms with Crippen molar-refractivity contribution < 1.29 is 23.9 Å². The molecule has 0 bridgehead atoms. The van der Waals surface area contributed by atoms with E-state index in [1.807, 2.05) is 13.8 Å². The molecule has 2 heterocycles. The van der Waals surface area contributed by atoms with Crippen molar-refractivity contribution in [2.45, 2.75) is 49.4 Å². The zero-order valence-electron chi connectivity index (χ0n) is 11.6. The monoisotopic (exact) mass is 302 g/mol. The lowest BCUT2D eigenvalue weighted by atomic mass is 9.96. The molecule has 0 unspecified atom stereocenters. The van der Waals surface area contributed by atoms with E-state index in [0.29, 0.717) is 0 Å². The third-order valence-corrected chi connectivity index (χ3v) is 5.01. The second-order valence-electron chi connectivity index (χ2n) is 5.24. The van der Waals surface area contributed by atoms with Crippen molar-refractivity contribution in [3.8, 4) is 0 Å². The molecule has 0 aliphatic carbocycles. The summed E-state index contributed by atoms with van der Waals surface area (Å²) in [5.74, 6) is -1.27. The SMILES string of the molecule is CCC(=O)OCOC(=O)[C@@H]1N2C(=O)[C@H](N)[C@H]2SC1(C)C. The van der Waals surface area contributed by atoms with Gasteiger partial charge in [-0.3, -0.25) is 9.59 Å². The Hall–Kier alpha value is -1.28. The van der Waals surface area contributed by atoms with Crippen LogP contribution in [0.1, 0.15) is 27.2 Å². The Morgan fingerprint density at radius 2 is 2.05 bits per heavy atom. The zero-order chi connectivity index (χ0) is 15.1. The fraction of sp³-hybridized carbons (Fsp3) is 0.750. The van der Waals surface area contributed by atoms with Crippen LogP contribution < -0.4 is 5.73 Å². The van der Waals surface area contributed by atoms with E-state index < -0.39 is 35.6 Å². The van der Waals surface area contributed by atoms with Gasteiger partial charge in [0.2, 0.25) is 12.7 Å². The van der Waals surface area contributed by atoms with E-state index >= 15 is 0 Å². The Kier molecular flexibility index (Phi) is 3.97. The van der Waals surface area contributed by atoms with Gasteiger partial charge in [0.25, 0.3) is 0 Å². The summed E-state index contributed by atoms with van der Waals surface area (Å²) in [6.45, 7) is 4.94. The average Bonchev–Trinajstić information content (AvgIpc) is 2.66. The van der Waals surface area contributed by atoms with E-state index in [4.69, 9.17) is 15.2 Å². The quantitative estimate of drug-likeness (QED) is 0.437. The summed E-state index contributed by atoms with van der Waals surface area (Å²) < 4.78 is 9.16. The van der Waals surface area contributed by atoms with Crippen LogP contribution in [0.15, 0.2) is 0 Å². The minimum Gasteiger partial charge on any atom is -0.428 e. The molecule has 2 fully saturated rings. The number of nitrogens with two attached hydrogens (primary N) is 1. The molecule has 3 atom stereocenters. The first-order valence-corrected chi connectivity index (χ1v) is 7.25. The van der Waals surface area contributed by atoms with Gasteiger partial charge in [0.1, 0.15) is 17.5 Å². The number of esters is 2. The normalized spacial score (nSPS) is 30.5. The van der Waals surface area contributed by atoms with Crippen LogP contribution >= 0.6 is 11.8 Å². The van der Waals surface area contributed by atoms with Crippen LogP contribution in [0.3, 0.4) is 0 Å². The maximum atomic E-state index is 12.1. The van der Waals surface area contributed by atoms with Crippen molar-refractivity contribution in [2.75, 3.05) is 6.79 Å². The summed E-state index contributed by atoms with van der Waals surface area (Å²) in [4.78, 5) is 36.3. The number of carbonyl (C=O) groups excluding carboxylic acids is 3. The predicted molar refractivity (Wildman–Crippen MR) is 71.4 cm³/mol. The molecule has 1 amide bonds. The number of carbonyl (C=O) groups is 3. The predicted octanol–water partition coefficient (Wildman–Crippen LogP) is -0.170. The van der Waals surface area contributed by atoms with E-state index in [1.165, 1.54) is 16.7 Å². The van der Waals surface area contributed by atoms with E-state index in [9.17, 15) is 14.4 Å². The van der Waals surface area contributed by atoms with Crippen LogP contribution in [0.5, 0.6) is 0 Å². The second-order valence-corrected chi connectivity index (χ2v) is 7.01. The lowest BCUT2D eigenvalue weighted by Gasteiger charge is -2.41. The first-order chi connectivity index (χ1) is 9.29. The lowest BCUT2D eigenvalue weighted by Crippen LogP contribution is -2.68. The van der Waals surface area contributed by atoms with Crippen LogP contribution in [-0.2, 0) is 23.9 Å². The molecule has 20 heavy (non-hydrogen) atoms. The molecule has 0 saturated carbocycles. The number of rotatable bonds is 4. The molecule has 2 aliphatic rings. The molecular formula is C12H18N2O5S. The number of β-lactam (4-membered cyclic amide) rings is 1. The fourth-order valence-electron chi connectivity index (χ4n) is 2.36. The lowest BCUT2D eigenvalue weighted by molar-refractivity contribution is -0.176. The Labute approximate surface area is 121 Å². The van der Waals surface area contributed by atoms with E-state index in [-0.39, 0.29) is 17.7 Å². The Balaban J connectivity index is 1.98. The molecule has 7 nitrogen and oxygen atoms in total. The maximum absolute atomic E-state index is 12.1. The largest absolute Gasteiger partial charge is 0.428 e. The molecule has 2 saturated heterocycles. The summed E-state index contributed by atoms with van der Waals surface area (Å²) in [6, 6.07) is -1.26. The van der Waals surface area contributed by atoms with Crippen molar-refractivity contribution in [1.82, 2.24) is 4.90 Å². The molecule has 8 heteroatoms. The number of amides is 1. The first-order valence-electron chi connectivity index (χ1n) is 6.37. The number of nitrogens with zero attached hydrogens (tertiary/aromatic N) is 1. The van der Waals surface area contributed by atoms with Crippen molar-refractivity contribution in [3.63, 3.8) is 0 Å². The Bertz CT molecular complexity index is 453. The smallest absolute Gasteiger partial charge is 0.333 e. The van der Waals surface area contributed by atoms with Crippen LogP contribution in [0.4, 0.5) is 0 Å². The second kappa shape index (κ2) is 5.25. The summed E-state index contributed by atoms with van der Waals surface area (Å²) in [5, 5.41) is -0.187. The highest BCUT2D eigenvalue weighted by molar-refractivity contribution is 8.01. The molecule has 0 spiro atoms. The van der Waals surface area contributed by atoms with E-state index in [2.05, 4.69) is 0 Å². The molecular weight excluding hydrogens is 284 g/mol. The van der Waals surface area contributed by atoms with Crippen molar-refractivity contribution in [3.05, 3.63) is 0 Å². The van der Waals surface area contributed by atoms with Gasteiger partial charge in [-0.25, -0.2) is 4.79 Å². The molecule has 2 aliphatic heterocycles. The average molecular weight is 302 g/mol. The van der Waals surface area contributed by atoms with Crippen LogP contribution in [0, 0.1) is 0 Å². The Morgan fingerprint density at radius 3 is 2.65 bits per heavy atom. The molecule has 112 valence electrons. The molecule has 0 aromatic rings. The molecule has 0 aromatic heterocycles. The minimum absolute atomic E-state index is 0.187. The van der Waals surface area contributed by atoms with Crippen molar-refractivity contribution in [1.29, 1.82) is 0 Å². The standard InChI is InChI=1S/C12H18N2O5S/c1-4-6(15)18-5-19-11(17)8-12(2,3)20-10-7(13)9(16)14(8)10/h7-8,10H,4-5,13H2,1-3H3/t7-,8-,10+/m0/s1. The van der Waals surface area contributed by atoms with Gasteiger partial charge < -0.3 is 20.1 Å². The van der Waals surface area contributed by atoms with Gasteiger partial charge in [-0.1, -0.05) is 6.92 Å². The highest BCUT2D eigenvalue weighted by Crippen LogP contribution is 2.50. The van der Waals surface area contributed by atoms with Gasteiger partial charge in [-0.15, -0.1) is 11.8 Å². The van der Waals surface area contributed by atoms with Crippen molar-refractivity contribution in [2.24, 2.45) is 5.73 Å². The summed E-state index contributed by atoms with van der Waals surface area (Å²) >= 11 is 1.48. The molecule has 2 N–H and O–H groups in total. The molecule has 0 aromatic carbocycles. The number of fused-ring (bicyclic) bond motifs is 1. The molecule has 2 rings (SSSR count). The van der Waals surface area contributed by atoms with Gasteiger partial charge in [-0.2, -0.15) is 0 Å². The number of hydrogen-bond acceptors (Lipinski definition) is 7.